The number of nitrogens with zero attached hydrogens (tertiary/aromatic N) is 2. The molecule has 2 aromatic rings. The van der Waals surface area contributed by atoms with Gasteiger partial charge in [0, 0.05) is 18.8 Å². The predicted octanol–water partition coefficient (Wildman–Crippen LogP) is 2.96. The van der Waals surface area contributed by atoms with E-state index in [1.165, 1.54) is 6.07 Å². The highest BCUT2D eigenvalue weighted by Crippen LogP contribution is 2.29. The van der Waals surface area contributed by atoms with E-state index < -0.39 is 10.0 Å². The van der Waals surface area contributed by atoms with Crippen LogP contribution in [0.15, 0.2) is 47.4 Å². The third kappa shape index (κ3) is 4.78. The summed E-state index contributed by atoms with van der Waals surface area (Å²) < 4.78 is 28.1. The molecule has 2 aliphatic heterocycles. The molecule has 2 aromatic carbocycles. The van der Waals surface area contributed by atoms with Gasteiger partial charge in [0.05, 0.1) is 29.4 Å². The summed E-state index contributed by atoms with van der Waals surface area (Å²) in [4.78, 5) is 26.7. The number of para-hydroxylation sites is 2. The van der Waals surface area contributed by atoms with Gasteiger partial charge < -0.3 is 15.5 Å². The molecule has 0 radical (unpaired) electrons. The average molecular weight is 457 g/mol. The molecule has 0 aliphatic carbocycles. The zero-order valence-corrected chi connectivity index (χ0v) is 19.0. The molecule has 2 heterocycles. The van der Waals surface area contributed by atoms with E-state index in [1.54, 1.807) is 34.3 Å². The number of amides is 2. The fraction of sp³-hybridized carbons (Fsp3) is 0.391. The van der Waals surface area contributed by atoms with Gasteiger partial charge in [0.2, 0.25) is 21.8 Å². The van der Waals surface area contributed by atoms with Crippen molar-refractivity contribution in [2.45, 2.75) is 37.5 Å². The number of fused-ring (bicyclic) bond motifs is 1. The fourth-order valence-corrected chi connectivity index (χ4v) is 5.96. The molecule has 0 saturated carbocycles. The number of carbonyl (C=O) groups is 2. The molecular weight excluding hydrogens is 428 g/mol. The molecule has 9 heteroatoms. The maximum Gasteiger partial charge on any atom is 0.243 e. The molecule has 4 rings (SSSR count). The number of carbonyl (C=O) groups excluding carboxylic acids is 2. The minimum absolute atomic E-state index is 0.0213. The number of sulfonamides is 1. The topological polar surface area (TPSA) is 98.8 Å². The average Bonchev–Trinajstić information content (AvgIpc) is 3.05. The molecular formula is C23H28N4O4S. The van der Waals surface area contributed by atoms with Crippen LogP contribution in [0.25, 0.3) is 0 Å². The van der Waals surface area contributed by atoms with Gasteiger partial charge in [-0.2, -0.15) is 4.31 Å². The van der Waals surface area contributed by atoms with Crippen molar-refractivity contribution in [3.63, 3.8) is 0 Å². The van der Waals surface area contributed by atoms with Crippen molar-refractivity contribution in [3.8, 4) is 0 Å². The molecule has 0 bridgehead atoms. The first-order chi connectivity index (χ1) is 15.3. The second kappa shape index (κ2) is 9.30. The van der Waals surface area contributed by atoms with E-state index in [4.69, 9.17) is 0 Å². The lowest BCUT2D eigenvalue weighted by Crippen LogP contribution is -2.42. The van der Waals surface area contributed by atoms with Crippen LogP contribution in [0.2, 0.25) is 0 Å². The molecule has 2 N–H and O–H groups in total. The fourth-order valence-electron chi connectivity index (χ4n) is 4.20. The first-order valence-corrected chi connectivity index (χ1v) is 12.3. The van der Waals surface area contributed by atoms with E-state index in [2.05, 4.69) is 10.6 Å². The lowest BCUT2D eigenvalue weighted by atomic mass is 10.2. The van der Waals surface area contributed by atoms with Crippen LogP contribution in [0, 0.1) is 6.92 Å². The largest absolute Gasteiger partial charge is 0.351 e. The van der Waals surface area contributed by atoms with Gasteiger partial charge in [-0.25, -0.2) is 8.42 Å². The number of rotatable bonds is 5. The highest BCUT2D eigenvalue weighted by atomic mass is 32.2. The normalized spacial score (nSPS) is 17.3. The molecule has 2 amide bonds. The second-order valence-electron chi connectivity index (χ2n) is 8.27. The molecule has 8 nitrogen and oxygen atoms in total. The number of aryl methyl sites for hydroxylation is 1. The molecule has 0 aromatic heterocycles. The molecule has 1 fully saturated rings. The van der Waals surface area contributed by atoms with Crippen molar-refractivity contribution in [2.24, 2.45) is 0 Å². The predicted molar refractivity (Wildman–Crippen MR) is 124 cm³/mol. The summed E-state index contributed by atoms with van der Waals surface area (Å²) in [5.41, 5.74) is 2.51. The van der Waals surface area contributed by atoms with E-state index in [-0.39, 0.29) is 29.8 Å². The summed E-state index contributed by atoms with van der Waals surface area (Å²) in [6.45, 7) is 2.86. The number of hydrogen-bond donors (Lipinski definition) is 2. The third-order valence-electron chi connectivity index (χ3n) is 5.84. The van der Waals surface area contributed by atoms with Crippen molar-refractivity contribution < 1.29 is 18.0 Å². The Morgan fingerprint density at radius 1 is 1.06 bits per heavy atom. The molecule has 32 heavy (non-hydrogen) atoms. The zero-order valence-electron chi connectivity index (χ0n) is 18.1. The van der Waals surface area contributed by atoms with Crippen molar-refractivity contribution in [1.82, 2.24) is 4.31 Å². The van der Waals surface area contributed by atoms with Crippen molar-refractivity contribution in [1.29, 1.82) is 0 Å². The van der Waals surface area contributed by atoms with Crippen LogP contribution >= 0.6 is 0 Å². The molecule has 170 valence electrons. The van der Waals surface area contributed by atoms with Crippen molar-refractivity contribution in [3.05, 3.63) is 48.0 Å². The summed E-state index contributed by atoms with van der Waals surface area (Å²) in [5.74, 6) is -0.505. The van der Waals surface area contributed by atoms with Crippen LogP contribution in [0.1, 0.15) is 31.2 Å². The Hall–Kier alpha value is -2.91. The molecule has 0 unspecified atom stereocenters. The molecule has 0 atom stereocenters. The lowest BCUT2D eigenvalue weighted by molar-refractivity contribution is -0.115. The number of nitrogens with one attached hydrogen (secondary N) is 2. The Labute approximate surface area is 188 Å². The third-order valence-corrected chi connectivity index (χ3v) is 7.88. The second-order valence-corrected chi connectivity index (χ2v) is 10.2. The minimum Gasteiger partial charge on any atom is -0.351 e. The van der Waals surface area contributed by atoms with Gasteiger partial charge in [-0.15, -0.1) is 0 Å². The quantitative estimate of drug-likeness (QED) is 0.721. The highest BCUT2D eigenvalue weighted by Gasteiger charge is 2.27. The summed E-state index contributed by atoms with van der Waals surface area (Å²) in [6.07, 6.45) is 3.80. The summed E-state index contributed by atoms with van der Waals surface area (Å²) in [6, 6.07) is 12.2. The van der Waals surface area contributed by atoms with Gasteiger partial charge >= 0.3 is 0 Å². The first kappa shape index (κ1) is 22.3. The van der Waals surface area contributed by atoms with Crippen LogP contribution in [0.5, 0.6) is 0 Å². The Morgan fingerprint density at radius 3 is 2.53 bits per heavy atom. The van der Waals surface area contributed by atoms with E-state index in [9.17, 15) is 18.0 Å². The lowest BCUT2D eigenvalue weighted by Gasteiger charge is -2.30. The van der Waals surface area contributed by atoms with E-state index in [0.29, 0.717) is 30.0 Å². The number of benzene rings is 2. The Kier molecular flexibility index (Phi) is 6.48. The van der Waals surface area contributed by atoms with Crippen molar-refractivity contribution in [2.75, 3.05) is 41.7 Å². The van der Waals surface area contributed by atoms with Gasteiger partial charge in [0.15, 0.2) is 0 Å². The van der Waals surface area contributed by atoms with Gasteiger partial charge in [-0.05, 0) is 49.6 Å². The minimum atomic E-state index is -3.63. The van der Waals surface area contributed by atoms with Crippen LogP contribution in [0.4, 0.5) is 17.1 Å². The first-order valence-electron chi connectivity index (χ1n) is 10.9. The van der Waals surface area contributed by atoms with Gasteiger partial charge in [-0.3, -0.25) is 9.59 Å². The maximum atomic E-state index is 13.2. The Bertz CT molecular complexity index is 1120. The van der Waals surface area contributed by atoms with Crippen LogP contribution in [-0.4, -0.2) is 50.7 Å². The standard InChI is InChI=1S/C23H28N4O4S/c1-17-10-11-18(14-21(17)32(30,31)27-12-6-2-3-7-13-27)24-22(28)15-26-16-23(29)25-19-8-4-5-9-20(19)26/h4-5,8-11,14H,2-3,6-7,12-13,15-16H2,1H3,(H,24,28)(H,25,29). The zero-order chi connectivity index (χ0) is 22.7. The Balaban J connectivity index is 1.51. The van der Waals surface area contributed by atoms with Gasteiger partial charge in [0.25, 0.3) is 0 Å². The smallest absolute Gasteiger partial charge is 0.243 e. The highest BCUT2D eigenvalue weighted by molar-refractivity contribution is 7.89. The van der Waals surface area contributed by atoms with E-state index >= 15 is 0 Å². The van der Waals surface area contributed by atoms with Gasteiger partial charge in [0.1, 0.15) is 0 Å². The SMILES string of the molecule is Cc1ccc(NC(=O)CN2CC(=O)Nc3ccccc32)cc1S(=O)(=O)N1CCCCCC1. The summed E-state index contributed by atoms with van der Waals surface area (Å²) in [7, 11) is -3.63. The van der Waals surface area contributed by atoms with Crippen molar-refractivity contribution >= 4 is 38.9 Å². The molecule has 1 saturated heterocycles. The molecule has 2 aliphatic rings. The summed E-state index contributed by atoms with van der Waals surface area (Å²) in [5, 5.41) is 5.59. The Morgan fingerprint density at radius 2 is 1.78 bits per heavy atom. The monoisotopic (exact) mass is 456 g/mol. The van der Waals surface area contributed by atoms with Crippen LogP contribution in [0.3, 0.4) is 0 Å². The van der Waals surface area contributed by atoms with E-state index in [0.717, 1.165) is 31.4 Å². The number of hydrogen-bond acceptors (Lipinski definition) is 5. The molecule has 0 spiro atoms. The maximum absolute atomic E-state index is 13.2. The van der Waals surface area contributed by atoms with E-state index in [1.807, 2.05) is 18.2 Å². The van der Waals surface area contributed by atoms with Crippen LogP contribution in [-0.2, 0) is 19.6 Å². The van der Waals surface area contributed by atoms with Gasteiger partial charge in [-0.1, -0.05) is 31.0 Å². The van der Waals surface area contributed by atoms with Crippen LogP contribution < -0.4 is 15.5 Å². The summed E-state index contributed by atoms with van der Waals surface area (Å²) >= 11 is 0. The number of anilines is 3.